The first-order valence-electron chi connectivity index (χ1n) is 7.64. The summed E-state index contributed by atoms with van der Waals surface area (Å²) in [5, 5.41) is 7.94. The van der Waals surface area contributed by atoms with Gasteiger partial charge in [0.1, 0.15) is 0 Å². The van der Waals surface area contributed by atoms with Gasteiger partial charge < -0.3 is 5.32 Å². The number of hydrogen-bond acceptors (Lipinski definition) is 4. The Kier molecular flexibility index (Phi) is 5.18. The van der Waals surface area contributed by atoms with Gasteiger partial charge in [0.2, 0.25) is 0 Å². The van der Waals surface area contributed by atoms with Crippen LogP contribution in [-0.4, -0.2) is 65.9 Å². The second-order valence-corrected chi connectivity index (χ2v) is 5.96. The summed E-state index contributed by atoms with van der Waals surface area (Å²) in [7, 11) is 4.25. The lowest BCUT2D eigenvalue weighted by atomic mass is 10.1. The van der Waals surface area contributed by atoms with Gasteiger partial charge in [-0.1, -0.05) is 0 Å². The average molecular weight is 279 g/mol. The molecular formula is C15H29N5. The Bertz CT molecular complexity index is 434. The van der Waals surface area contributed by atoms with Crippen molar-refractivity contribution in [1.82, 2.24) is 24.9 Å². The third-order valence-corrected chi connectivity index (χ3v) is 4.62. The van der Waals surface area contributed by atoms with Gasteiger partial charge in [-0.15, -0.1) is 0 Å². The van der Waals surface area contributed by atoms with Gasteiger partial charge in [0.25, 0.3) is 0 Å². The lowest BCUT2D eigenvalue weighted by Gasteiger charge is -2.31. The molecule has 2 heterocycles. The van der Waals surface area contributed by atoms with Crippen molar-refractivity contribution in [1.29, 1.82) is 0 Å². The molecule has 0 bridgehead atoms. The molecule has 5 nitrogen and oxygen atoms in total. The number of nitrogens with zero attached hydrogens (tertiary/aromatic N) is 4. The van der Waals surface area contributed by atoms with Gasteiger partial charge in [-0.05, 0) is 27.8 Å². The van der Waals surface area contributed by atoms with E-state index >= 15 is 0 Å². The first-order chi connectivity index (χ1) is 9.50. The summed E-state index contributed by atoms with van der Waals surface area (Å²) >= 11 is 0. The Labute approximate surface area is 122 Å². The van der Waals surface area contributed by atoms with E-state index in [0.29, 0.717) is 6.04 Å². The van der Waals surface area contributed by atoms with Crippen molar-refractivity contribution in [2.75, 3.05) is 46.3 Å². The van der Waals surface area contributed by atoms with E-state index in [1.165, 1.54) is 24.3 Å². The molecule has 0 amide bonds. The van der Waals surface area contributed by atoms with Gasteiger partial charge in [0.15, 0.2) is 0 Å². The Morgan fingerprint density at radius 2 is 1.95 bits per heavy atom. The highest BCUT2D eigenvalue weighted by Crippen LogP contribution is 2.24. The standard InChI is InChI=1S/C15H29N5/c1-12-15(14(3)19(5)17-12)13(2)18(4)10-11-20-8-6-16-7-9-20/h13,16H,6-11H2,1-5H3. The third kappa shape index (κ3) is 3.40. The molecule has 1 saturated heterocycles. The Hall–Kier alpha value is -0.910. The van der Waals surface area contributed by atoms with Gasteiger partial charge in [0, 0.05) is 63.6 Å². The van der Waals surface area contributed by atoms with Gasteiger partial charge >= 0.3 is 0 Å². The summed E-state index contributed by atoms with van der Waals surface area (Å²) in [4.78, 5) is 4.99. The van der Waals surface area contributed by atoms with E-state index in [0.717, 1.165) is 31.9 Å². The molecule has 0 aliphatic carbocycles. The quantitative estimate of drug-likeness (QED) is 0.870. The minimum absolute atomic E-state index is 0.423. The summed E-state index contributed by atoms with van der Waals surface area (Å²) in [6.45, 7) is 13.4. The Morgan fingerprint density at radius 1 is 1.30 bits per heavy atom. The van der Waals surface area contributed by atoms with Gasteiger partial charge in [-0.2, -0.15) is 5.10 Å². The molecule has 1 N–H and O–H groups in total. The molecule has 1 aromatic heterocycles. The minimum atomic E-state index is 0.423. The molecular weight excluding hydrogens is 250 g/mol. The minimum Gasteiger partial charge on any atom is -0.314 e. The molecule has 1 unspecified atom stereocenters. The molecule has 0 spiro atoms. The molecule has 5 heteroatoms. The molecule has 0 aromatic carbocycles. The van der Waals surface area contributed by atoms with Gasteiger partial charge in [0.05, 0.1) is 5.69 Å². The number of aryl methyl sites for hydroxylation is 2. The maximum atomic E-state index is 4.54. The second kappa shape index (κ2) is 6.70. The zero-order chi connectivity index (χ0) is 14.7. The maximum Gasteiger partial charge on any atom is 0.0644 e. The van der Waals surface area contributed by atoms with E-state index in [1.807, 2.05) is 11.7 Å². The van der Waals surface area contributed by atoms with Crippen LogP contribution in [-0.2, 0) is 7.05 Å². The first-order valence-corrected chi connectivity index (χ1v) is 7.64. The molecule has 1 atom stereocenters. The van der Waals surface area contributed by atoms with E-state index in [9.17, 15) is 0 Å². The Morgan fingerprint density at radius 3 is 2.50 bits per heavy atom. The number of piperazine rings is 1. The first kappa shape index (κ1) is 15.5. The average Bonchev–Trinajstić information content (AvgIpc) is 2.70. The molecule has 1 fully saturated rings. The van der Waals surface area contributed by atoms with E-state index in [2.05, 4.69) is 48.0 Å². The Balaban J connectivity index is 1.92. The molecule has 1 aromatic rings. The molecule has 1 aliphatic heterocycles. The molecule has 1 aliphatic rings. The number of rotatable bonds is 5. The van der Waals surface area contributed by atoms with Crippen LogP contribution in [0.15, 0.2) is 0 Å². The number of nitrogens with one attached hydrogen (secondary N) is 1. The van der Waals surface area contributed by atoms with Crippen molar-refractivity contribution in [2.45, 2.75) is 26.8 Å². The normalized spacial score (nSPS) is 18.7. The predicted molar refractivity (Wildman–Crippen MR) is 83.0 cm³/mol. The van der Waals surface area contributed by atoms with Crippen LogP contribution in [0.4, 0.5) is 0 Å². The lowest BCUT2D eigenvalue weighted by Crippen LogP contribution is -2.46. The van der Waals surface area contributed by atoms with Crippen LogP contribution in [0.5, 0.6) is 0 Å². The van der Waals surface area contributed by atoms with Crippen LogP contribution in [0.3, 0.4) is 0 Å². The van der Waals surface area contributed by atoms with Gasteiger partial charge in [-0.3, -0.25) is 14.5 Å². The summed E-state index contributed by atoms with van der Waals surface area (Å²) in [6.07, 6.45) is 0. The van der Waals surface area contributed by atoms with Crippen molar-refractivity contribution in [3.63, 3.8) is 0 Å². The highest BCUT2D eigenvalue weighted by molar-refractivity contribution is 5.27. The zero-order valence-corrected chi connectivity index (χ0v) is 13.6. The lowest BCUT2D eigenvalue weighted by molar-refractivity contribution is 0.182. The van der Waals surface area contributed by atoms with Crippen LogP contribution in [0.1, 0.15) is 29.9 Å². The number of hydrogen-bond donors (Lipinski definition) is 1. The number of aromatic nitrogens is 2. The smallest absolute Gasteiger partial charge is 0.0644 e. The summed E-state index contributed by atoms with van der Waals surface area (Å²) in [5.74, 6) is 0. The summed E-state index contributed by atoms with van der Waals surface area (Å²) < 4.78 is 1.99. The van der Waals surface area contributed by atoms with E-state index in [1.54, 1.807) is 0 Å². The zero-order valence-electron chi connectivity index (χ0n) is 13.6. The fourth-order valence-corrected chi connectivity index (χ4v) is 3.04. The van der Waals surface area contributed by atoms with E-state index in [4.69, 9.17) is 0 Å². The SMILES string of the molecule is Cc1nn(C)c(C)c1C(C)N(C)CCN1CCNCC1. The predicted octanol–water partition coefficient (Wildman–Crippen LogP) is 0.935. The van der Waals surface area contributed by atoms with Crippen molar-refractivity contribution in [3.8, 4) is 0 Å². The maximum absolute atomic E-state index is 4.54. The van der Waals surface area contributed by atoms with Crippen LogP contribution in [0, 0.1) is 13.8 Å². The summed E-state index contributed by atoms with van der Waals surface area (Å²) in [5.41, 5.74) is 3.82. The highest BCUT2D eigenvalue weighted by Gasteiger charge is 2.20. The fourth-order valence-electron chi connectivity index (χ4n) is 3.04. The van der Waals surface area contributed by atoms with Crippen LogP contribution in [0.2, 0.25) is 0 Å². The van der Waals surface area contributed by atoms with E-state index in [-0.39, 0.29) is 0 Å². The van der Waals surface area contributed by atoms with Crippen molar-refractivity contribution in [3.05, 3.63) is 17.0 Å². The van der Waals surface area contributed by atoms with Crippen LogP contribution >= 0.6 is 0 Å². The van der Waals surface area contributed by atoms with E-state index < -0.39 is 0 Å². The van der Waals surface area contributed by atoms with Crippen molar-refractivity contribution < 1.29 is 0 Å². The largest absolute Gasteiger partial charge is 0.314 e. The highest BCUT2D eigenvalue weighted by atomic mass is 15.3. The third-order valence-electron chi connectivity index (χ3n) is 4.62. The summed E-state index contributed by atoms with van der Waals surface area (Å²) in [6, 6.07) is 0.423. The monoisotopic (exact) mass is 279 g/mol. The topological polar surface area (TPSA) is 36.3 Å². The molecule has 0 saturated carbocycles. The molecule has 20 heavy (non-hydrogen) atoms. The van der Waals surface area contributed by atoms with Crippen LogP contribution < -0.4 is 5.32 Å². The van der Waals surface area contributed by atoms with Crippen molar-refractivity contribution in [2.24, 2.45) is 7.05 Å². The molecule has 2 rings (SSSR count). The van der Waals surface area contributed by atoms with Crippen molar-refractivity contribution >= 4 is 0 Å². The van der Waals surface area contributed by atoms with Crippen LogP contribution in [0.25, 0.3) is 0 Å². The fraction of sp³-hybridized carbons (Fsp3) is 0.800. The molecule has 0 radical (unpaired) electrons. The van der Waals surface area contributed by atoms with Gasteiger partial charge in [-0.25, -0.2) is 0 Å². The number of likely N-dealkylation sites (N-methyl/N-ethyl adjacent to an activating group) is 1. The molecule has 114 valence electrons. The second-order valence-electron chi connectivity index (χ2n) is 5.96.